The maximum Gasteiger partial charge on any atom is 0.124 e. The Hall–Kier alpha value is -1.87. The zero-order valence-electron chi connectivity index (χ0n) is 11.5. The van der Waals surface area contributed by atoms with E-state index in [1.807, 2.05) is 30.3 Å². The minimum atomic E-state index is -0.196. The van der Waals surface area contributed by atoms with E-state index in [1.54, 1.807) is 0 Å². The zero-order valence-corrected chi connectivity index (χ0v) is 11.5. The van der Waals surface area contributed by atoms with Gasteiger partial charge in [0.05, 0.1) is 6.04 Å². The van der Waals surface area contributed by atoms with Gasteiger partial charge in [-0.05, 0) is 30.2 Å². The molecule has 1 N–H and O–H groups in total. The highest BCUT2D eigenvalue weighted by atomic mass is 19.1. The summed E-state index contributed by atoms with van der Waals surface area (Å²) >= 11 is 0. The maximum atomic E-state index is 13.0. The normalized spacial score (nSPS) is 18.4. The summed E-state index contributed by atoms with van der Waals surface area (Å²) in [4.78, 5) is 0. The van der Waals surface area contributed by atoms with E-state index in [4.69, 9.17) is 4.74 Å². The van der Waals surface area contributed by atoms with Crippen molar-refractivity contribution in [2.24, 2.45) is 0 Å². The Morgan fingerprint density at radius 3 is 2.70 bits per heavy atom. The molecule has 0 amide bonds. The van der Waals surface area contributed by atoms with Gasteiger partial charge in [0.15, 0.2) is 0 Å². The molecule has 2 unspecified atom stereocenters. The van der Waals surface area contributed by atoms with Crippen molar-refractivity contribution < 1.29 is 9.13 Å². The molecule has 2 nitrogen and oxygen atoms in total. The fourth-order valence-electron chi connectivity index (χ4n) is 2.69. The van der Waals surface area contributed by atoms with E-state index in [-0.39, 0.29) is 17.9 Å². The SMILES string of the molecule is CCC(NC1COc2ccccc21)c1ccc(F)cc1. The first-order valence-corrected chi connectivity index (χ1v) is 7.01. The highest BCUT2D eigenvalue weighted by molar-refractivity contribution is 5.39. The molecule has 0 aliphatic carbocycles. The van der Waals surface area contributed by atoms with E-state index < -0.39 is 0 Å². The maximum absolute atomic E-state index is 13.0. The van der Waals surface area contributed by atoms with Crippen molar-refractivity contribution >= 4 is 0 Å². The lowest BCUT2D eigenvalue weighted by Gasteiger charge is -2.21. The molecule has 20 heavy (non-hydrogen) atoms. The van der Waals surface area contributed by atoms with E-state index in [0.717, 1.165) is 17.7 Å². The molecule has 0 spiro atoms. The van der Waals surface area contributed by atoms with Gasteiger partial charge in [-0.3, -0.25) is 0 Å². The molecule has 1 heterocycles. The summed E-state index contributed by atoms with van der Waals surface area (Å²) in [7, 11) is 0. The number of rotatable bonds is 4. The highest BCUT2D eigenvalue weighted by Crippen LogP contribution is 2.33. The van der Waals surface area contributed by atoms with Crippen molar-refractivity contribution in [3.63, 3.8) is 0 Å². The third-order valence-corrected chi connectivity index (χ3v) is 3.78. The van der Waals surface area contributed by atoms with Crippen molar-refractivity contribution in [3.05, 3.63) is 65.5 Å². The quantitative estimate of drug-likeness (QED) is 0.907. The smallest absolute Gasteiger partial charge is 0.124 e. The van der Waals surface area contributed by atoms with Crippen molar-refractivity contribution in [3.8, 4) is 5.75 Å². The van der Waals surface area contributed by atoms with Crippen LogP contribution >= 0.6 is 0 Å². The van der Waals surface area contributed by atoms with Crippen LogP contribution in [-0.2, 0) is 0 Å². The summed E-state index contributed by atoms with van der Waals surface area (Å²) in [6.45, 7) is 2.78. The third kappa shape index (κ3) is 2.54. The third-order valence-electron chi connectivity index (χ3n) is 3.78. The molecule has 1 aliphatic rings. The van der Waals surface area contributed by atoms with Crippen molar-refractivity contribution in [1.82, 2.24) is 5.32 Å². The number of ether oxygens (including phenoxy) is 1. The topological polar surface area (TPSA) is 21.3 Å². The number of nitrogens with one attached hydrogen (secondary N) is 1. The lowest BCUT2D eigenvalue weighted by molar-refractivity contribution is 0.296. The number of hydrogen-bond acceptors (Lipinski definition) is 2. The average molecular weight is 271 g/mol. The minimum absolute atomic E-state index is 0.196. The van der Waals surface area contributed by atoms with Crippen molar-refractivity contribution in [2.45, 2.75) is 25.4 Å². The van der Waals surface area contributed by atoms with Crippen LogP contribution in [-0.4, -0.2) is 6.61 Å². The van der Waals surface area contributed by atoms with Crippen molar-refractivity contribution in [1.29, 1.82) is 0 Å². The first kappa shape index (κ1) is 13.1. The predicted molar refractivity (Wildman–Crippen MR) is 77.2 cm³/mol. The first-order chi connectivity index (χ1) is 9.78. The van der Waals surface area contributed by atoms with E-state index >= 15 is 0 Å². The van der Waals surface area contributed by atoms with Crippen LogP contribution in [0.1, 0.15) is 36.6 Å². The second-order valence-corrected chi connectivity index (χ2v) is 5.08. The average Bonchev–Trinajstić information content (AvgIpc) is 2.89. The monoisotopic (exact) mass is 271 g/mol. The van der Waals surface area contributed by atoms with Crippen molar-refractivity contribution in [2.75, 3.05) is 6.61 Å². The summed E-state index contributed by atoms with van der Waals surface area (Å²) in [6.07, 6.45) is 0.949. The van der Waals surface area contributed by atoms with Crippen LogP contribution in [0, 0.1) is 5.82 Å². The van der Waals surface area contributed by atoms with E-state index in [9.17, 15) is 4.39 Å². The molecule has 2 aromatic carbocycles. The van der Waals surface area contributed by atoms with Gasteiger partial charge in [-0.15, -0.1) is 0 Å². The summed E-state index contributed by atoms with van der Waals surface area (Å²) < 4.78 is 18.7. The van der Waals surface area contributed by atoms with Gasteiger partial charge in [-0.25, -0.2) is 4.39 Å². The fraction of sp³-hybridized carbons (Fsp3) is 0.294. The number of halogens is 1. The lowest BCUT2D eigenvalue weighted by atomic mass is 10.0. The van der Waals surface area contributed by atoms with Gasteiger partial charge < -0.3 is 10.1 Å². The molecule has 3 heteroatoms. The van der Waals surface area contributed by atoms with Crippen LogP contribution < -0.4 is 10.1 Å². The Labute approximate surface area is 118 Å². The zero-order chi connectivity index (χ0) is 13.9. The molecule has 0 aromatic heterocycles. The Morgan fingerprint density at radius 2 is 1.95 bits per heavy atom. The number of benzene rings is 2. The molecule has 0 fully saturated rings. The molecular weight excluding hydrogens is 253 g/mol. The second-order valence-electron chi connectivity index (χ2n) is 5.08. The molecule has 1 aliphatic heterocycles. The standard InChI is InChI=1S/C17H18FNO/c1-2-15(12-7-9-13(18)10-8-12)19-16-11-20-17-6-4-3-5-14(16)17/h3-10,15-16,19H,2,11H2,1H3. The molecule has 104 valence electrons. The van der Waals surface area contributed by atoms with Crippen LogP contribution in [0.3, 0.4) is 0 Å². The van der Waals surface area contributed by atoms with E-state index in [2.05, 4.69) is 18.3 Å². The summed E-state index contributed by atoms with van der Waals surface area (Å²) in [6, 6.07) is 15.2. The van der Waals surface area contributed by atoms with Crippen LogP contribution in [0.25, 0.3) is 0 Å². The van der Waals surface area contributed by atoms with Gasteiger partial charge in [0, 0.05) is 11.6 Å². The van der Waals surface area contributed by atoms with Crippen LogP contribution in [0.4, 0.5) is 4.39 Å². The molecule has 3 rings (SSSR count). The Balaban J connectivity index is 1.78. The second kappa shape index (κ2) is 5.63. The molecule has 0 radical (unpaired) electrons. The predicted octanol–water partition coefficient (Wildman–Crippen LogP) is 4.00. The van der Waals surface area contributed by atoms with E-state index in [0.29, 0.717) is 6.61 Å². The summed E-state index contributed by atoms with van der Waals surface area (Å²) in [5.74, 6) is 0.761. The summed E-state index contributed by atoms with van der Waals surface area (Å²) in [5, 5.41) is 3.61. The van der Waals surface area contributed by atoms with Gasteiger partial charge in [0.1, 0.15) is 18.2 Å². The molecule has 0 bridgehead atoms. The number of hydrogen-bond donors (Lipinski definition) is 1. The molecule has 2 atom stereocenters. The largest absolute Gasteiger partial charge is 0.491 e. The fourth-order valence-corrected chi connectivity index (χ4v) is 2.69. The Bertz CT molecular complexity index is 582. The molecule has 2 aromatic rings. The lowest BCUT2D eigenvalue weighted by Crippen LogP contribution is -2.27. The van der Waals surface area contributed by atoms with Gasteiger partial charge in [-0.2, -0.15) is 0 Å². The van der Waals surface area contributed by atoms with Crippen LogP contribution in [0.2, 0.25) is 0 Å². The highest BCUT2D eigenvalue weighted by Gasteiger charge is 2.25. The minimum Gasteiger partial charge on any atom is -0.491 e. The first-order valence-electron chi connectivity index (χ1n) is 7.01. The Kier molecular flexibility index (Phi) is 3.70. The number of fused-ring (bicyclic) bond motifs is 1. The van der Waals surface area contributed by atoms with Gasteiger partial charge in [0.2, 0.25) is 0 Å². The van der Waals surface area contributed by atoms with Crippen LogP contribution in [0.15, 0.2) is 48.5 Å². The van der Waals surface area contributed by atoms with Gasteiger partial charge >= 0.3 is 0 Å². The molecule has 0 saturated heterocycles. The van der Waals surface area contributed by atoms with E-state index in [1.165, 1.54) is 17.7 Å². The number of para-hydroxylation sites is 1. The Morgan fingerprint density at radius 1 is 1.20 bits per heavy atom. The summed E-state index contributed by atoms with van der Waals surface area (Å²) in [5.41, 5.74) is 2.31. The molecule has 0 saturated carbocycles. The van der Waals surface area contributed by atoms with Gasteiger partial charge in [0.25, 0.3) is 0 Å². The van der Waals surface area contributed by atoms with Gasteiger partial charge in [-0.1, -0.05) is 37.3 Å². The van der Waals surface area contributed by atoms with Crippen LogP contribution in [0.5, 0.6) is 5.75 Å². The molecular formula is C17H18FNO.